The van der Waals surface area contributed by atoms with E-state index in [9.17, 15) is 4.39 Å². The van der Waals surface area contributed by atoms with Gasteiger partial charge in [0.1, 0.15) is 5.82 Å². The summed E-state index contributed by atoms with van der Waals surface area (Å²) in [6, 6.07) is 4.79. The lowest BCUT2D eigenvalue weighted by molar-refractivity contribution is 0.305. The SMILES string of the molecule is Fc1cc(Cl)cc(CN2CC3CNCC3C2)c1. The van der Waals surface area contributed by atoms with E-state index in [1.807, 2.05) is 6.07 Å². The largest absolute Gasteiger partial charge is 0.316 e. The molecule has 2 aliphatic rings. The molecule has 1 aromatic rings. The summed E-state index contributed by atoms with van der Waals surface area (Å²) < 4.78 is 13.2. The fourth-order valence-corrected chi connectivity index (χ4v) is 3.29. The van der Waals surface area contributed by atoms with Gasteiger partial charge in [-0.1, -0.05) is 11.6 Å². The van der Waals surface area contributed by atoms with Crippen molar-refractivity contribution >= 4 is 11.6 Å². The van der Waals surface area contributed by atoms with Gasteiger partial charge in [-0.15, -0.1) is 0 Å². The third kappa shape index (κ3) is 2.46. The molecule has 2 unspecified atom stereocenters. The molecule has 1 N–H and O–H groups in total. The molecule has 2 nitrogen and oxygen atoms in total. The Bertz CT molecular complexity index is 392. The molecule has 2 saturated heterocycles. The molecular formula is C13H16ClFN2. The Hall–Kier alpha value is -0.640. The third-order valence-electron chi connectivity index (χ3n) is 3.79. The van der Waals surface area contributed by atoms with Gasteiger partial charge in [-0.25, -0.2) is 4.39 Å². The summed E-state index contributed by atoms with van der Waals surface area (Å²) in [7, 11) is 0. The Morgan fingerprint density at radius 3 is 2.59 bits per heavy atom. The molecule has 2 fully saturated rings. The standard InChI is InChI=1S/C13H16ClFN2/c14-12-1-9(2-13(15)3-12)6-17-7-10-4-16-5-11(10)8-17/h1-3,10-11,16H,4-8H2. The smallest absolute Gasteiger partial charge is 0.125 e. The number of hydrogen-bond acceptors (Lipinski definition) is 2. The molecular weight excluding hydrogens is 239 g/mol. The van der Waals surface area contributed by atoms with Crippen molar-refractivity contribution in [2.75, 3.05) is 26.2 Å². The van der Waals surface area contributed by atoms with E-state index in [2.05, 4.69) is 10.2 Å². The number of hydrogen-bond donors (Lipinski definition) is 1. The number of nitrogens with one attached hydrogen (secondary N) is 1. The highest BCUT2D eigenvalue weighted by atomic mass is 35.5. The van der Waals surface area contributed by atoms with Crippen LogP contribution in [0.2, 0.25) is 5.02 Å². The van der Waals surface area contributed by atoms with E-state index in [4.69, 9.17) is 11.6 Å². The van der Waals surface area contributed by atoms with E-state index in [1.54, 1.807) is 6.07 Å². The van der Waals surface area contributed by atoms with Gasteiger partial charge in [0.05, 0.1) is 0 Å². The van der Waals surface area contributed by atoms with Gasteiger partial charge in [0.2, 0.25) is 0 Å². The quantitative estimate of drug-likeness (QED) is 0.870. The van der Waals surface area contributed by atoms with Crippen LogP contribution in [0.25, 0.3) is 0 Å². The lowest BCUT2D eigenvalue weighted by Crippen LogP contribution is -2.25. The Morgan fingerprint density at radius 1 is 1.24 bits per heavy atom. The molecule has 0 aromatic heterocycles. The second-order valence-corrected chi connectivity index (χ2v) is 5.59. The van der Waals surface area contributed by atoms with Crippen LogP contribution in [0, 0.1) is 17.7 Å². The zero-order valence-electron chi connectivity index (χ0n) is 9.63. The normalized spacial score (nSPS) is 28.6. The van der Waals surface area contributed by atoms with Crippen LogP contribution >= 0.6 is 11.6 Å². The summed E-state index contributed by atoms with van der Waals surface area (Å²) in [5.41, 5.74) is 0.975. The molecule has 0 bridgehead atoms. The van der Waals surface area contributed by atoms with Gasteiger partial charge in [-0.3, -0.25) is 4.90 Å². The minimum Gasteiger partial charge on any atom is -0.316 e. The van der Waals surface area contributed by atoms with Crippen LogP contribution < -0.4 is 5.32 Å². The number of nitrogens with zero attached hydrogens (tertiary/aromatic N) is 1. The minimum absolute atomic E-state index is 0.242. The number of benzene rings is 1. The number of halogens is 2. The molecule has 0 aliphatic carbocycles. The van der Waals surface area contributed by atoms with Crippen LogP contribution in [-0.4, -0.2) is 31.1 Å². The molecule has 2 aliphatic heterocycles. The van der Waals surface area contributed by atoms with Gasteiger partial charge in [-0.2, -0.15) is 0 Å². The summed E-state index contributed by atoms with van der Waals surface area (Å²) in [4.78, 5) is 2.40. The summed E-state index contributed by atoms with van der Waals surface area (Å²) in [5.74, 6) is 1.31. The van der Waals surface area contributed by atoms with Crippen LogP contribution in [0.15, 0.2) is 18.2 Å². The molecule has 4 heteroatoms. The summed E-state index contributed by atoms with van der Waals surface area (Å²) in [6.45, 7) is 5.30. The predicted molar refractivity (Wildman–Crippen MR) is 66.5 cm³/mol. The average Bonchev–Trinajstić information content (AvgIpc) is 2.75. The molecule has 2 heterocycles. The summed E-state index contributed by atoms with van der Waals surface area (Å²) >= 11 is 5.86. The highest BCUT2D eigenvalue weighted by molar-refractivity contribution is 6.30. The van der Waals surface area contributed by atoms with Crippen molar-refractivity contribution in [3.63, 3.8) is 0 Å². The molecule has 2 atom stereocenters. The van der Waals surface area contributed by atoms with Gasteiger partial charge < -0.3 is 5.32 Å². The maximum atomic E-state index is 13.2. The van der Waals surface area contributed by atoms with E-state index in [-0.39, 0.29) is 5.82 Å². The Balaban J connectivity index is 1.67. The van der Waals surface area contributed by atoms with Gasteiger partial charge in [-0.05, 0) is 48.7 Å². The van der Waals surface area contributed by atoms with Crippen molar-refractivity contribution in [1.82, 2.24) is 10.2 Å². The van der Waals surface area contributed by atoms with E-state index in [1.165, 1.54) is 6.07 Å². The Morgan fingerprint density at radius 2 is 1.94 bits per heavy atom. The summed E-state index contributed by atoms with van der Waals surface area (Å²) in [6.07, 6.45) is 0. The van der Waals surface area contributed by atoms with Crippen molar-refractivity contribution in [1.29, 1.82) is 0 Å². The van der Waals surface area contributed by atoms with E-state index in [0.29, 0.717) is 5.02 Å². The van der Waals surface area contributed by atoms with E-state index >= 15 is 0 Å². The zero-order valence-corrected chi connectivity index (χ0v) is 10.4. The molecule has 3 rings (SSSR count). The summed E-state index contributed by atoms with van der Waals surface area (Å²) in [5, 5.41) is 3.91. The minimum atomic E-state index is -0.242. The molecule has 0 amide bonds. The van der Waals surface area contributed by atoms with Crippen molar-refractivity contribution in [3.8, 4) is 0 Å². The van der Waals surface area contributed by atoms with Crippen molar-refractivity contribution < 1.29 is 4.39 Å². The predicted octanol–water partition coefficient (Wildman–Crippen LogP) is 2.13. The van der Waals surface area contributed by atoms with Gasteiger partial charge in [0.25, 0.3) is 0 Å². The van der Waals surface area contributed by atoms with Gasteiger partial charge >= 0.3 is 0 Å². The molecule has 0 saturated carbocycles. The topological polar surface area (TPSA) is 15.3 Å². The van der Waals surface area contributed by atoms with Gasteiger partial charge in [0, 0.05) is 24.7 Å². The van der Waals surface area contributed by atoms with E-state index in [0.717, 1.165) is 50.1 Å². The molecule has 92 valence electrons. The van der Waals surface area contributed by atoms with Crippen LogP contribution in [0.1, 0.15) is 5.56 Å². The molecule has 1 aromatic carbocycles. The second-order valence-electron chi connectivity index (χ2n) is 5.15. The van der Waals surface area contributed by atoms with Crippen LogP contribution in [0.4, 0.5) is 4.39 Å². The van der Waals surface area contributed by atoms with Gasteiger partial charge in [0.15, 0.2) is 0 Å². The van der Waals surface area contributed by atoms with Crippen LogP contribution in [-0.2, 0) is 6.54 Å². The molecule has 17 heavy (non-hydrogen) atoms. The lowest BCUT2D eigenvalue weighted by atomic mass is 10.0. The first-order valence-corrected chi connectivity index (χ1v) is 6.46. The fraction of sp³-hybridized carbons (Fsp3) is 0.538. The Labute approximate surface area is 106 Å². The number of rotatable bonds is 2. The highest BCUT2D eigenvalue weighted by Crippen LogP contribution is 2.27. The first kappa shape index (κ1) is 11.5. The monoisotopic (exact) mass is 254 g/mol. The fourth-order valence-electron chi connectivity index (χ4n) is 3.04. The van der Waals surface area contributed by atoms with Crippen molar-refractivity contribution in [3.05, 3.63) is 34.6 Å². The highest BCUT2D eigenvalue weighted by Gasteiger charge is 2.35. The first-order chi connectivity index (χ1) is 8.20. The molecule has 0 spiro atoms. The zero-order chi connectivity index (χ0) is 11.8. The first-order valence-electron chi connectivity index (χ1n) is 6.09. The molecule has 0 radical (unpaired) electrons. The van der Waals surface area contributed by atoms with Crippen molar-refractivity contribution in [2.45, 2.75) is 6.54 Å². The number of likely N-dealkylation sites (tertiary alicyclic amines) is 1. The number of fused-ring (bicyclic) bond motifs is 1. The average molecular weight is 255 g/mol. The Kier molecular flexibility index (Phi) is 3.07. The maximum Gasteiger partial charge on any atom is 0.125 e. The third-order valence-corrected chi connectivity index (χ3v) is 4.01. The van der Waals surface area contributed by atoms with E-state index < -0.39 is 0 Å². The van der Waals surface area contributed by atoms with Crippen molar-refractivity contribution in [2.24, 2.45) is 11.8 Å². The lowest BCUT2D eigenvalue weighted by Gasteiger charge is -2.17. The van der Waals surface area contributed by atoms with Crippen LogP contribution in [0.5, 0.6) is 0 Å². The van der Waals surface area contributed by atoms with Crippen LogP contribution in [0.3, 0.4) is 0 Å². The maximum absolute atomic E-state index is 13.2. The second kappa shape index (κ2) is 4.56.